The van der Waals surface area contributed by atoms with Crippen molar-refractivity contribution < 1.29 is 14.2 Å². The zero-order valence-corrected chi connectivity index (χ0v) is 12.7. The Balaban J connectivity index is 1.93. The van der Waals surface area contributed by atoms with Gasteiger partial charge in [0.2, 0.25) is 0 Å². The van der Waals surface area contributed by atoms with Gasteiger partial charge in [-0.3, -0.25) is 0 Å². The molecule has 0 heterocycles. The molecule has 1 N–H and O–H groups in total. The summed E-state index contributed by atoms with van der Waals surface area (Å²) in [4.78, 5) is 0. The van der Waals surface area contributed by atoms with E-state index in [0.29, 0.717) is 0 Å². The van der Waals surface area contributed by atoms with Crippen LogP contribution in [-0.2, 0) is 6.42 Å². The Morgan fingerprint density at radius 1 is 0.857 bits per heavy atom. The minimum Gasteiger partial charge on any atom is -0.497 e. The summed E-state index contributed by atoms with van der Waals surface area (Å²) in [5, 5.41) is 3.38. The molecule has 112 valence electrons. The molecule has 0 fully saturated rings. The van der Waals surface area contributed by atoms with Gasteiger partial charge in [-0.15, -0.1) is 0 Å². The topological polar surface area (TPSA) is 39.7 Å². The Labute approximate surface area is 125 Å². The van der Waals surface area contributed by atoms with Crippen molar-refractivity contribution in [1.82, 2.24) is 0 Å². The van der Waals surface area contributed by atoms with Crippen molar-refractivity contribution in [3.63, 3.8) is 0 Å². The van der Waals surface area contributed by atoms with Crippen LogP contribution in [0.4, 0.5) is 5.69 Å². The summed E-state index contributed by atoms with van der Waals surface area (Å²) >= 11 is 0. The molecule has 0 spiro atoms. The van der Waals surface area contributed by atoms with Gasteiger partial charge in [-0.25, -0.2) is 0 Å². The highest BCUT2D eigenvalue weighted by Crippen LogP contribution is 2.29. The summed E-state index contributed by atoms with van der Waals surface area (Å²) in [6.07, 6.45) is 0.922. The lowest BCUT2D eigenvalue weighted by Crippen LogP contribution is -2.05. The first-order chi connectivity index (χ1) is 10.3. The molecule has 0 saturated carbocycles. The van der Waals surface area contributed by atoms with E-state index in [1.165, 1.54) is 5.56 Å². The van der Waals surface area contributed by atoms with Crippen molar-refractivity contribution in [3.05, 3.63) is 48.0 Å². The van der Waals surface area contributed by atoms with Gasteiger partial charge in [0.05, 0.1) is 21.3 Å². The maximum atomic E-state index is 5.29. The molecule has 4 heteroatoms. The maximum Gasteiger partial charge on any atom is 0.162 e. The average molecular weight is 287 g/mol. The highest BCUT2D eigenvalue weighted by molar-refractivity contribution is 5.54. The van der Waals surface area contributed by atoms with Gasteiger partial charge in [-0.05, 0) is 36.2 Å². The van der Waals surface area contributed by atoms with E-state index in [0.717, 1.165) is 35.9 Å². The Bertz CT molecular complexity index is 584. The Kier molecular flexibility index (Phi) is 5.32. The van der Waals surface area contributed by atoms with Crippen LogP contribution < -0.4 is 19.5 Å². The third-order valence-electron chi connectivity index (χ3n) is 3.26. The number of hydrogen-bond acceptors (Lipinski definition) is 4. The van der Waals surface area contributed by atoms with Crippen molar-refractivity contribution >= 4 is 5.69 Å². The van der Waals surface area contributed by atoms with E-state index < -0.39 is 0 Å². The number of ether oxygens (including phenoxy) is 3. The van der Waals surface area contributed by atoms with Crippen molar-refractivity contribution in [1.29, 1.82) is 0 Å². The predicted octanol–water partition coefficient (Wildman–Crippen LogP) is 3.37. The van der Waals surface area contributed by atoms with E-state index in [1.807, 2.05) is 30.3 Å². The SMILES string of the molecule is COc1cccc(CCNc2ccc(OC)c(OC)c2)c1. The summed E-state index contributed by atoms with van der Waals surface area (Å²) in [6, 6.07) is 13.9. The standard InChI is InChI=1S/C17H21NO3/c1-19-15-6-4-5-13(11-15)9-10-18-14-7-8-16(20-2)17(12-14)21-3/h4-8,11-12,18H,9-10H2,1-3H3. The van der Waals surface area contributed by atoms with Crippen molar-refractivity contribution in [2.75, 3.05) is 33.2 Å². The molecule has 0 saturated heterocycles. The van der Waals surface area contributed by atoms with Crippen LogP contribution in [0.3, 0.4) is 0 Å². The third kappa shape index (κ3) is 4.05. The normalized spacial score (nSPS) is 10.0. The molecule has 2 aromatic carbocycles. The Morgan fingerprint density at radius 2 is 1.67 bits per heavy atom. The van der Waals surface area contributed by atoms with E-state index in [9.17, 15) is 0 Å². The fourth-order valence-corrected chi connectivity index (χ4v) is 2.13. The van der Waals surface area contributed by atoms with Crippen LogP contribution in [0.25, 0.3) is 0 Å². The Hall–Kier alpha value is -2.36. The predicted molar refractivity (Wildman–Crippen MR) is 84.7 cm³/mol. The van der Waals surface area contributed by atoms with Gasteiger partial charge in [0.25, 0.3) is 0 Å². The molecule has 2 aromatic rings. The van der Waals surface area contributed by atoms with E-state index in [2.05, 4.69) is 17.4 Å². The van der Waals surface area contributed by atoms with Gasteiger partial charge in [-0.1, -0.05) is 12.1 Å². The van der Waals surface area contributed by atoms with Gasteiger partial charge in [-0.2, -0.15) is 0 Å². The highest BCUT2D eigenvalue weighted by Gasteiger charge is 2.04. The lowest BCUT2D eigenvalue weighted by Gasteiger charge is -2.11. The van der Waals surface area contributed by atoms with Gasteiger partial charge in [0.15, 0.2) is 11.5 Å². The quantitative estimate of drug-likeness (QED) is 0.847. The number of hydrogen-bond donors (Lipinski definition) is 1. The van der Waals surface area contributed by atoms with Crippen LogP contribution in [-0.4, -0.2) is 27.9 Å². The number of rotatable bonds is 7. The minimum atomic E-state index is 0.726. The van der Waals surface area contributed by atoms with Crippen molar-refractivity contribution in [2.24, 2.45) is 0 Å². The molecule has 0 aliphatic carbocycles. The molecule has 0 aliphatic heterocycles. The fourth-order valence-electron chi connectivity index (χ4n) is 2.13. The van der Waals surface area contributed by atoms with Crippen LogP contribution in [0.1, 0.15) is 5.56 Å². The first-order valence-electron chi connectivity index (χ1n) is 6.85. The minimum absolute atomic E-state index is 0.726. The van der Waals surface area contributed by atoms with Crippen LogP contribution in [0.5, 0.6) is 17.2 Å². The zero-order chi connectivity index (χ0) is 15.1. The number of methoxy groups -OCH3 is 3. The molecule has 4 nitrogen and oxygen atoms in total. The molecule has 0 atom stereocenters. The number of anilines is 1. The summed E-state index contributed by atoms with van der Waals surface area (Å²) in [5.74, 6) is 2.35. The fraction of sp³-hybridized carbons (Fsp3) is 0.294. The summed E-state index contributed by atoms with van der Waals surface area (Å²) in [5.41, 5.74) is 2.25. The summed E-state index contributed by atoms with van der Waals surface area (Å²) in [7, 11) is 4.95. The molecule has 2 rings (SSSR count). The zero-order valence-electron chi connectivity index (χ0n) is 12.7. The van der Waals surface area contributed by atoms with Gasteiger partial charge >= 0.3 is 0 Å². The van der Waals surface area contributed by atoms with E-state index in [1.54, 1.807) is 21.3 Å². The first-order valence-corrected chi connectivity index (χ1v) is 6.85. The molecule has 0 amide bonds. The first kappa shape index (κ1) is 15.0. The second-order valence-electron chi connectivity index (χ2n) is 4.60. The smallest absolute Gasteiger partial charge is 0.162 e. The average Bonchev–Trinajstić information content (AvgIpc) is 2.55. The lowest BCUT2D eigenvalue weighted by atomic mass is 10.1. The van der Waals surface area contributed by atoms with Crippen LogP contribution in [0.2, 0.25) is 0 Å². The van der Waals surface area contributed by atoms with Crippen LogP contribution in [0, 0.1) is 0 Å². The maximum absolute atomic E-state index is 5.29. The van der Waals surface area contributed by atoms with E-state index >= 15 is 0 Å². The highest BCUT2D eigenvalue weighted by atomic mass is 16.5. The molecule has 21 heavy (non-hydrogen) atoms. The van der Waals surface area contributed by atoms with Gasteiger partial charge < -0.3 is 19.5 Å². The second kappa shape index (κ2) is 7.43. The number of nitrogens with one attached hydrogen (secondary N) is 1. The molecule has 0 radical (unpaired) electrons. The largest absolute Gasteiger partial charge is 0.497 e. The molecular weight excluding hydrogens is 266 g/mol. The van der Waals surface area contributed by atoms with Crippen molar-refractivity contribution in [3.8, 4) is 17.2 Å². The van der Waals surface area contributed by atoms with Gasteiger partial charge in [0.1, 0.15) is 5.75 Å². The molecular formula is C17H21NO3. The lowest BCUT2D eigenvalue weighted by molar-refractivity contribution is 0.355. The molecule has 0 unspecified atom stereocenters. The van der Waals surface area contributed by atoms with E-state index in [-0.39, 0.29) is 0 Å². The van der Waals surface area contributed by atoms with Crippen molar-refractivity contribution in [2.45, 2.75) is 6.42 Å². The van der Waals surface area contributed by atoms with E-state index in [4.69, 9.17) is 14.2 Å². The van der Waals surface area contributed by atoms with Crippen LogP contribution in [0.15, 0.2) is 42.5 Å². The summed E-state index contributed by atoms with van der Waals surface area (Å²) < 4.78 is 15.7. The Morgan fingerprint density at radius 3 is 2.38 bits per heavy atom. The second-order valence-corrected chi connectivity index (χ2v) is 4.60. The number of benzene rings is 2. The molecule has 0 bridgehead atoms. The van der Waals surface area contributed by atoms with Gasteiger partial charge in [0, 0.05) is 18.3 Å². The third-order valence-corrected chi connectivity index (χ3v) is 3.26. The molecule has 0 aliphatic rings. The van der Waals surface area contributed by atoms with Crippen LogP contribution >= 0.6 is 0 Å². The summed E-state index contributed by atoms with van der Waals surface area (Å²) in [6.45, 7) is 0.836. The monoisotopic (exact) mass is 287 g/mol. The molecule has 0 aromatic heterocycles.